The number of fused-ring (bicyclic) bond motifs is 2. The normalized spacial score (nSPS) is 21.8. The Bertz CT molecular complexity index is 1810. The summed E-state index contributed by atoms with van der Waals surface area (Å²) in [5.74, 6) is 2.78. The minimum Gasteiger partial charge on any atom is -0.493 e. The molecule has 2 aromatic heterocycles. The van der Waals surface area contributed by atoms with E-state index < -0.39 is 22.4 Å². The third kappa shape index (κ3) is 7.23. The first-order valence-electron chi connectivity index (χ1n) is 19.2. The molecule has 286 valence electrons. The van der Waals surface area contributed by atoms with Crippen molar-refractivity contribution in [1.82, 2.24) is 30.2 Å². The summed E-state index contributed by atoms with van der Waals surface area (Å²) in [6.07, 6.45) is 9.42. The molecule has 0 spiro atoms. The van der Waals surface area contributed by atoms with Crippen LogP contribution in [0.3, 0.4) is 0 Å². The van der Waals surface area contributed by atoms with Gasteiger partial charge in [0.15, 0.2) is 11.5 Å². The average Bonchev–Trinajstić information content (AvgIpc) is 3.44. The second-order valence-electron chi connectivity index (χ2n) is 16.9. The van der Waals surface area contributed by atoms with Crippen molar-refractivity contribution in [2.75, 3.05) is 49.9 Å². The molecule has 0 amide bonds. The maximum absolute atomic E-state index is 6.55. The number of piperidine rings is 2. The number of hydrazine groups is 1. The Hall–Kier alpha value is -3.84. The molecule has 0 saturated carbocycles. The number of aromatic nitrogens is 4. The van der Waals surface area contributed by atoms with Gasteiger partial charge in [0.05, 0.1) is 41.8 Å². The van der Waals surface area contributed by atoms with Gasteiger partial charge in [-0.05, 0) is 112 Å². The lowest BCUT2D eigenvalue weighted by molar-refractivity contribution is -0.106. The molecule has 6 heterocycles. The molecule has 0 bridgehead atoms. The summed E-state index contributed by atoms with van der Waals surface area (Å²) in [4.78, 5) is 23.5. The van der Waals surface area contributed by atoms with Crippen molar-refractivity contribution >= 4 is 11.9 Å². The summed E-state index contributed by atoms with van der Waals surface area (Å²) in [6.45, 7) is 25.5. The number of ether oxygens (including phenoxy) is 4. The van der Waals surface area contributed by atoms with Gasteiger partial charge >= 0.3 is 0 Å². The maximum Gasteiger partial charge on any atom is 0.245 e. The van der Waals surface area contributed by atoms with Crippen molar-refractivity contribution in [3.63, 3.8) is 0 Å². The second-order valence-corrected chi connectivity index (χ2v) is 16.9. The van der Waals surface area contributed by atoms with Crippen molar-refractivity contribution < 1.29 is 18.9 Å². The first kappa shape index (κ1) is 37.5. The second kappa shape index (κ2) is 14.1. The van der Waals surface area contributed by atoms with E-state index in [1.54, 1.807) is 13.2 Å². The van der Waals surface area contributed by atoms with Gasteiger partial charge in [0.1, 0.15) is 17.8 Å². The van der Waals surface area contributed by atoms with Gasteiger partial charge in [-0.1, -0.05) is 18.7 Å². The number of nitrogens with zero attached hydrogens (tertiary/aromatic N) is 7. The van der Waals surface area contributed by atoms with Gasteiger partial charge in [0.25, 0.3) is 0 Å². The molecular formula is C41H58N8O4. The monoisotopic (exact) mass is 726 g/mol. The van der Waals surface area contributed by atoms with E-state index >= 15 is 0 Å². The van der Waals surface area contributed by atoms with E-state index in [-0.39, 0.29) is 12.1 Å². The van der Waals surface area contributed by atoms with E-state index in [1.807, 2.05) is 18.5 Å². The highest BCUT2D eigenvalue weighted by molar-refractivity contribution is 5.51. The number of hydrogen-bond donors (Lipinski definition) is 1. The van der Waals surface area contributed by atoms with Gasteiger partial charge in [0.2, 0.25) is 11.9 Å². The summed E-state index contributed by atoms with van der Waals surface area (Å²) in [6, 6.07) is 6.45. The Labute approximate surface area is 315 Å². The number of anilines is 2. The summed E-state index contributed by atoms with van der Waals surface area (Å²) < 4.78 is 24.6. The fourth-order valence-electron chi connectivity index (χ4n) is 8.83. The third-order valence-corrected chi connectivity index (χ3v) is 11.2. The number of nitrogens with one attached hydrogen (secondary N) is 1. The van der Waals surface area contributed by atoms with Gasteiger partial charge < -0.3 is 24.3 Å². The molecule has 4 aliphatic rings. The van der Waals surface area contributed by atoms with Crippen molar-refractivity contribution in [1.29, 1.82) is 0 Å². The predicted molar refractivity (Wildman–Crippen MR) is 206 cm³/mol. The van der Waals surface area contributed by atoms with Gasteiger partial charge in [-0.25, -0.2) is 30.0 Å². The quantitative estimate of drug-likeness (QED) is 0.172. The number of benzene rings is 1. The van der Waals surface area contributed by atoms with Crippen LogP contribution in [0, 0.1) is 0 Å². The highest BCUT2D eigenvalue weighted by Crippen LogP contribution is 2.48. The zero-order valence-electron chi connectivity index (χ0n) is 33.2. The van der Waals surface area contributed by atoms with E-state index in [4.69, 9.17) is 38.9 Å². The van der Waals surface area contributed by atoms with Gasteiger partial charge in [-0.3, -0.25) is 4.90 Å². The van der Waals surface area contributed by atoms with Crippen LogP contribution < -0.4 is 24.8 Å². The average molecular weight is 727 g/mol. The Morgan fingerprint density at radius 3 is 1.83 bits per heavy atom. The molecule has 12 heteroatoms. The predicted octanol–water partition coefficient (Wildman–Crippen LogP) is 6.49. The molecule has 0 radical (unpaired) electrons. The van der Waals surface area contributed by atoms with Crippen LogP contribution in [-0.4, -0.2) is 76.8 Å². The van der Waals surface area contributed by atoms with E-state index in [2.05, 4.69) is 94.3 Å². The maximum atomic E-state index is 6.55. The molecule has 1 aromatic carbocycles. The first-order valence-corrected chi connectivity index (χ1v) is 19.2. The largest absolute Gasteiger partial charge is 0.493 e. The zero-order chi connectivity index (χ0) is 37.8. The van der Waals surface area contributed by atoms with Crippen LogP contribution in [0.2, 0.25) is 0 Å². The SMILES string of the molecule is C=CCOc1cc(CN2CCC(N(c3ncc4c(n3)C(C)(C)OC4(C)C)N(c3ncc4c(n3)C(C)(C)OC4(C)C)C3CCNCC3)CC2)ccc1OC. The Balaban J connectivity index is 1.26. The first-order chi connectivity index (χ1) is 25.1. The van der Waals surface area contributed by atoms with E-state index in [9.17, 15) is 0 Å². The van der Waals surface area contributed by atoms with Crippen LogP contribution in [0.5, 0.6) is 11.5 Å². The van der Waals surface area contributed by atoms with Crippen molar-refractivity contribution in [3.05, 3.63) is 71.3 Å². The van der Waals surface area contributed by atoms with E-state index in [0.29, 0.717) is 18.5 Å². The van der Waals surface area contributed by atoms with Crippen LogP contribution in [0.4, 0.5) is 11.9 Å². The number of hydrogen-bond acceptors (Lipinski definition) is 12. The van der Waals surface area contributed by atoms with Crippen LogP contribution >= 0.6 is 0 Å². The lowest BCUT2D eigenvalue weighted by atomic mass is 9.97. The molecule has 0 unspecified atom stereocenters. The lowest BCUT2D eigenvalue weighted by Gasteiger charge is -2.47. The number of methoxy groups -OCH3 is 1. The molecule has 2 saturated heterocycles. The van der Waals surface area contributed by atoms with Crippen LogP contribution in [0.1, 0.15) is 109 Å². The van der Waals surface area contributed by atoms with Crippen LogP contribution in [-0.2, 0) is 38.4 Å². The summed E-state index contributed by atoms with van der Waals surface area (Å²) >= 11 is 0. The highest BCUT2D eigenvalue weighted by Gasteiger charge is 2.48. The Morgan fingerprint density at radius 1 is 0.792 bits per heavy atom. The third-order valence-electron chi connectivity index (χ3n) is 11.2. The van der Waals surface area contributed by atoms with Gasteiger partial charge in [-0.15, -0.1) is 0 Å². The van der Waals surface area contributed by atoms with Crippen molar-refractivity contribution in [3.8, 4) is 11.5 Å². The number of rotatable bonds is 11. The molecule has 12 nitrogen and oxygen atoms in total. The molecular weight excluding hydrogens is 669 g/mol. The molecule has 53 heavy (non-hydrogen) atoms. The van der Waals surface area contributed by atoms with Crippen molar-refractivity contribution in [2.24, 2.45) is 0 Å². The molecule has 0 aliphatic carbocycles. The summed E-state index contributed by atoms with van der Waals surface area (Å²) in [5.41, 5.74) is 3.03. The van der Waals surface area contributed by atoms with Crippen LogP contribution in [0.15, 0.2) is 43.2 Å². The Morgan fingerprint density at radius 2 is 1.32 bits per heavy atom. The van der Waals surface area contributed by atoms with E-state index in [0.717, 1.165) is 92.4 Å². The standard InChI is InChI=1S/C41H58N8O4/c1-11-22-51-33-23-27(12-13-32(33)50-10)26-47-20-16-29(17-21-47)49(37-44-25-31-35(46-37)41(8,9)53-39(31,4)5)48(28-14-18-42-19-15-28)36-43-24-30-34(45-36)40(6,7)52-38(30,2)3/h11-13,23-25,28-29,42H,1,14-22,26H2,2-10H3. The fraction of sp³-hybridized carbons (Fsp3) is 0.610. The summed E-state index contributed by atoms with van der Waals surface area (Å²) in [5, 5.41) is 8.25. The Kier molecular flexibility index (Phi) is 9.97. The molecule has 7 rings (SSSR count). The molecule has 2 fully saturated rings. The topological polar surface area (TPSA) is 110 Å². The lowest BCUT2D eigenvalue weighted by Crippen LogP contribution is -2.59. The van der Waals surface area contributed by atoms with Crippen LogP contribution in [0.25, 0.3) is 0 Å². The highest BCUT2D eigenvalue weighted by atomic mass is 16.5. The molecule has 0 atom stereocenters. The smallest absolute Gasteiger partial charge is 0.245 e. The molecule has 3 aromatic rings. The molecule has 4 aliphatic heterocycles. The van der Waals surface area contributed by atoms with Gasteiger partial charge in [-0.2, -0.15) is 0 Å². The van der Waals surface area contributed by atoms with Crippen molar-refractivity contribution in [2.45, 2.75) is 122 Å². The summed E-state index contributed by atoms with van der Waals surface area (Å²) in [7, 11) is 1.67. The zero-order valence-corrected chi connectivity index (χ0v) is 33.2. The number of likely N-dealkylation sites (tertiary alicyclic amines) is 1. The minimum absolute atomic E-state index is 0.109. The fourth-order valence-corrected chi connectivity index (χ4v) is 8.83. The minimum atomic E-state index is -0.561. The van der Waals surface area contributed by atoms with Gasteiger partial charge in [0, 0.05) is 43.2 Å². The van der Waals surface area contributed by atoms with E-state index in [1.165, 1.54) is 5.56 Å². The molecule has 1 N–H and O–H groups in total.